The summed E-state index contributed by atoms with van der Waals surface area (Å²) in [6.45, 7) is 0. The van der Waals surface area contributed by atoms with Gasteiger partial charge in [-0.2, -0.15) is 0 Å². The largest absolute Gasteiger partial charge is 0.454 e. The summed E-state index contributed by atoms with van der Waals surface area (Å²) in [5, 5.41) is 7.17. The molecule has 0 N–H and O–H groups in total. The average Bonchev–Trinajstić information content (AvgIpc) is 3.61. The van der Waals surface area contributed by atoms with Crippen molar-refractivity contribution in [3.8, 4) is 33.4 Å². The van der Waals surface area contributed by atoms with Crippen molar-refractivity contribution in [1.29, 1.82) is 0 Å². The zero-order chi connectivity index (χ0) is 34.4. The van der Waals surface area contributed by atoms with E-state index in [1.54, 1.807) is 0 Å². The first-order valence-electron chi connectivity index (χ1n) is 17.8. The Morgan fingerprint density at radius 3 is 1.65 bits per heavy atom. The smallest absolute Gasteiger partial charge is 0.159 e. The van der Waals surface area contributed by atoms with E-state index in [-0.39, 0.29) is 0 Å². The zero-order valence-electron chi connectivity index (χ0n) is 28.4. The molecule has 2 heteroatoms. The second-order valence-electron chi connectivity index (χ2n) is 13.3. The van der Waals surface area contributed by atoms with E-state index in [0.717, 1.165) is 39.0 Å². The first-order chi connectivity index (χ1) is 25.8. The second-order valence-corrected chi connectivity index (χ2v) is 13.3. The van der Waals surface area contributed by atoms with E-state index in [1.807, 2.05) is 6.07 Å². The highest BCUT2D eigenvalue weighted by atomic mass is 16.3. The lowest BCUT2D eigenvalue weighted by molar-refractivity contribution is 0.669. The molecule has 1 aromatic heterocycles. The van der Waals surface area contributed by atoms with Crippen molar-refractivity contribution in [2.75, 3.05) is 4.90 Å². The van der Waals surface area contributed by atoms with E-state index in [2.05, 4.69) is 199 Å². The van der Waals surface area contributed by atoms with E-state index < -0.39 is 0 Å². The van der Waals surface area contributed by atoms with Crippen molar-refractivity contribution in [3.05, 3.63) is 200 Å². The van der Waals surface area contributed by atoms with Crippen LogP contribution in [0.25, 0.3) is 76.9 Å². The lowest BCUT2D eigenvalue weighted by Gasteiger charge is -2.27. The van der Waals surface area contributed by atoms with Gasteiger partial charge < -0.3 is 9.32 Å². The fourth-order valence-corrected chi connectivity index (χ4v) is 7.83. The van der Waals surface area contributed by atoms with Gasteiger partial charge in [-0.25, -0.2) is 0 Å². The molecule has 0 atom stereocenters. The van der Waals surface area contributed by atoms with Gasteiger partial charge in [0.25, 0.3) is 0 Å². The summed E-state index contributed by atoms with van der Waals surface area (Å²) in [5.74, 6) is 0. The lowest BCUT2D eigenvalue weighted by Crippen LogP contribution is -2.10. The van der Waals surface area contributed by atoms with Gasteiger partial charge in [-0.15, -0.1) is 0 Å². The molecule has 10 aromatic rings. The van der Waals surface area contributed by atoms with Gasteiger partial charge in [-0.3, -0.25) is 0 Å². The van der Waals surface area contributed by atoms with Gasteiger partial charge in [0.2, 0.25) is 0 Å². The fourth-order valence-electron chi connectivity index (χ4n) is 7.83. The van der Waals surface area contributed by atoms with E-state index in [0.29, 0.717) is 0 Å². The molecule has 0 aliphatic rings. The number of benzene rings is 9. The molecule has 0 radical (unpaired) electrons. The van der Waals surface area contributed by atoms with Gasteiger partial charge in [0.05, 0.1) is 5.69 Å². The Bertz CT molecular complexity index is 2890. The van der Waals surface area contributed by atoms with Crippen LogP contribution in [0.5, 0.6) is 0 Å². The van der Waals surface area contributed by atoms with Crippen molar-refractivity contribution in [3.63, 3.8) is 0 Å². The number of furan rings is 1. The van der Waals surface area contributed by atoms with Crippen LogP contribution in [0.15, 0.2) is 205 Å². The predicted molar refractivity (Wildman–Crippen MR) is 220 cm³/mol. The van der Waals surface area contributed by atoms with Crippen LogP contribution < -0.4 is 4.90 Å². The van der Waals surface area contributed by atoms with Gasteiger partial charge in [-0.05, 0) is 91.3 Å². The quantitative estimate of drug-likeness (QED) is 0.176. The summed E-state index contributed by atoms with van der Waals surface area (Å²) < 4.78 is 6.66. The molecular formula is C50H33NO. The van der Waals surface area contributed by atoms with Crippen LogP contribution >= 0.6 is 0 Å². The molecule has 244 valence electrons. The molecule has 0 unspecified atom stereocenters. The van der Waals surface area contributed by atoms with Gasteiger partial charge in [0, 0.05) is 22.1 Å². The molecule has 10 rings (SSSR count). The molecule has 0 aliphatic carbocycles. The average molecular weight is 664 g/mol. The fraction of sp³-hybridized carbons (Fsp3) is 0. The summed E-state index contributed by atoms with van der Waals surface area (Å²) in [6.07, 6.45) is 0. The molecule has 2 nitrogen and oxygen atoms in total. The first-order valence-corrected chi connectivity index (χ1v) is 17.8. The van der Waals surface area contributed by atoms with E-state index in [9.17, 15) is 0 Å². The molecule has 0 saturated heterocycles. The maximum absolute atomic E-state index is 6.66. The minimum atomic E-state index is 0.862. The van der Waals surface area contributed by atoms with E-state index in [1.165, 1.54) is 54.9 Å². The molecule has 0 saturated carbocycles. The third-order valence-electron chi connectivity index (χ3n) is 10.3. The van der Waals surface area contributed by atoms with Gasteiger partial charge >= 0.3 is 0 Å². The number of hydrogen-bond donors (Lipinski definition) is 0. The summed E-state index contributed by atoms with van der Waals surface area (Å²) in [7, 11) is 0. The monoisotopic (exact) mass is 663 g/mol. The Morgan fingerprint density at radius 2 is 0.885 bits per heavy atom. The number of anilines is 3. The van der Waals surface area contributed by atoms with Gasteiger partial charge in [0.15, 0.2) is 5.58 Å². The minimum Gasteiger partial charge on any atom is -0.454 e. The molecule has 1 heterocycles. The highest BCUT2D eigenvalue weighted by Gasteiger charge is 2.21. The van der Waals surface area contributed by atoms with Crippen molar-refractivity contribution < 1.29 is 4.42 Å². The summed E-state index contributed by atoms with van der Waals surface area (Å²) in [4.78, 5) is 2.34. The maximum atomic E-state index is 6.66. The SMILES string of the molecule is c1ccc(-c2cc(N(c3ccc(-c4cccc5ccccc45)cc3)c3cccc4c3oc3ccccc34)ccc2-c2cccc3ccccc23)cc1. The highest BCUT2D eigenvalue weighted by molar-refractivity contribution is 6.10. The topological polar surface area (TPSA) is 16.4 Å². The lowest BCUT2D eigenvalue weighted by atomic mass is 9.90. The third kappa shape index (κ3) is 5.04. The Morgan fingerprint density at radius 1 is 0.327 bits per heavy atom. The summed E-state index contributed by atoms with van der Waals surface area (Å²) in [6, 6.07) is 71.7. The molecule has 9 aromatic carbocycles. The molecule has 52 heavy (non-hydrogen) atoms. The van der Waals surface area contributed by atoms with E-state index >= 15 is 0 Å². The van der Waals surface area contributed by atoms with Crippen LogP contribution in [0.3, 0.4) is 0 Å². The van der Waals surface area contributed by atoms with E-state index in [4.69, 9.17) is 4.42 Å². The molecule has 0 amide bonds. The van der Waals surface area contributed by atoms with Crippen molar-refractivity contribution in [1.82, 2.24) is 0 Å². The minimum absolute atomic E-state index is 0.862. The van der Waals surface area contributed by atoms with Gasteiger partial charge in [-0.1, -0.05) is 164 Å². The molecule has 0 bridgehead atoms. The van der Waals surface area contributed by atoms with Crippen LogP contribution in [0, 0.1) is 0 Å². The van der Waals surface area contributed by atoms with Crippen molar-refractivity contribution in [2.24, 2.45) is 0 Å². The molecule has 0 spiro atoms. The Balaban J connectivity index is 1.20. The first kappa shape index (κ1) is 30.0. The second kappa shape index (κ2) is 12.5. The van der Waals surface area contributed by atoms with Crippen LogP contribution in [0.1, 0.15) is 0 Å². The summed E-state index contributed by atoms with van der Waals surface area (Å²) in [5.41, 5.74) is 12.0. The molecule has 0 aliphatic heterocycles. The zero-order valence-corrected chi connectivity index (χ0v) is 28.4. The van der Waals surface area contributed by atoms with Gasteiger partial charge in [0.1, 0.15) is 5.58 Å². The van der Waals surface area contributed by atoms with Crippen molar-refractivity contribution >= 4 is 60.5 Å². The number of fused-ring (bicyclic) bond motifs is 5. The predicted octanol–water partition coefficient (Wildman–Crippen LogP) is 14.4. The normalized spacial score (nSPS) is 11.5. The standard InChI is InChI=1S/C50H33NO/c1-2-13-36(14-3-1)47-33-39(31-32-44(47)43-23-11-18-35-16-5-7-20-42(35)43)51(48-25-12-24-46-45-21-8-9-26-49(45)52-50(46)48)38-29-27-37(28-30-38)41-22-10-17-34-15-4-6-19-40(34)41/h1-33H. The highest BCUT2D eigenvalue weighted by Crippen LogP contribution is 2.45. The number of rotatable bonds is 6. The maximum Gasteiger partial charge on any atom is 0.159 e. The van der Waals surface area contributed by atoms with Crippen LogP contribution in [0.4, 0.5) is 17.1 Å². The molecular weight excluding hydrogens is 631 g/mol. The number of nitrogens with zero attached hydrogens (tertiary/aromatic N) is 1. The van der Waals surface area contributed by atoms with Crippen LogP contribution in [-0.2, 0) is 0 Å². The third-order valence-corrected chi connectivity index (χ3v) is 10.3. The Hall–Kier alpha value is -6.90. The number of para-hydroxylation sites is 2. The molecule has 0 fully saturated rings. The summed E-state index contributed by atoms with van der Waals surface area (Å²) >= 11 is 0. The van der Waals surface area contributed by atoms with Crippen LogP contribution in [0.2, 0.25) is 0 Å². The Labute approximate surface area is 302 Å². The van der Waals surface area contributed by atoms with Crippen molar-refractivity contribution in [2.45, 2.75) is 0 Å². The number of hydrogen-bond acceptors (Lipinski definition) is 2. The Kier molecular flexibility index (Phi) is 7.18. The van der Waals surface area contributed by atoms with Crippen LogP contribution in [-0.4, -0.2) is 0 Å².